The summed E-state index contributed by atoms with van der Waals surface area (Å²) in [6, 6.07) is 14.4. The van der Waals surface area contributed by atoms with Crippen LogP contribution in [0.25, 0.3) is 0 Å². The predicted molar refractivity (Wildman–Crippen MR) is 108 cm³/mol. The van der Waals surface area contributed by atoms with E-state index in [4.69, 9.17) is 0 Å². The minimum Gasteiger partial charge on any atom is -0.348 e. The van der Waals surface area contributed by atoms with E-state index in [9.17, 15) is 9.59 Å². The molecule has 0 saturated carbocycles. The number of aryl methyl sites for hydroxylation is 1. The van der Waals surface area contributed by atoms with E-state index in [1.165, 1.54) is 0 Å². The molecule has 26 heavy (non-hydrogen) atoms. The zero-order valence-corrected chi connectivity index (χ0v) is 17.1. The van der Waals surface area contributed by atoms with Crippen LogP contribution < -0.4 is 10.6 Å². The van der Waals surface area contributed by atoms with Crippen LogP contribution in [-0.2, 0) is 4.79 Å². The van der Waals surface area contributed by atoms with Crippen molar-refractivity contribution in [3.05, 3.63) is 69.7 Å². The molecule has 0 heterocycles. The van der Waals surface area contributed by atoms with Crippen LogP contribution in [0.3, 0.4) is 0 Å². The molecule has 0 spiro atoms. The summed E-state index contributed by atoms with van der Waals surface area (Å²) in [7, 11) is 0. The number of rotatable bonds is 6. The number of amides is 2. The van der Waals surface area contributed by atoms with Crippen molar-refractivity contribution in [3.63, 3.8) is 0 Å². The van der Waals surface area contributed by atoms with Crippen LogP contribution in [0.15, 0.2) is 53.0 Å². The van der Waals surface area contributed by atoms with Crippen molar-refractivity contribution in [3.8, 4) is 0 Å². The van der Waals surface area contributed by atoms with Crippen LogP contribution in [0, 0.1) is 12.8 Å². The molecule has 0 bridgehead atoms. The Labute approximate surface area is 163 Å². The van der Waals surface area contributed by atoms with Crippen LogP contribution in [0.5, 0.6) is 0 Å². The van der Waals surface area contributed by atoms with E-state index in [2.05, 4.69) is 26.6 Å². The lowest BCUT2D eigenvalue weighted by Crippen LogP contribution is -2.50. The summed E-state index contributed by atoms with van der Waals surface area (Å²) >= 11 is 3.44. The van der Waals surface area contributed by atoms with Gasteiger partial charge < -0.3 is 10.6 Å². The van der Waals surface area contributed by atoms with Crippen LogP contribution in [0.1, 0.15) is 48.3 Å². The molecular formula is C21H25BrN2O2. The second-order valence-electron chi connectivity index (χ2n) is 6.80. The first-order valence-electron chi connectivity index (χ1n) is 8.72. The lowest BCUT2D eigenvalue weighted by atomic mass is 10.0. The van der Waals surface area contributed by atoms with E-state index >= 15 is 0 Å². The molecule has 0 aromatic heterocycles. The summed E-state index contributed by atoms with van der Waals surface area (Å²) < 4.78 is 0.962. The molecule has 0 saturated heterocycles. The molecule has 0 aliphatic rings. The summed E-state index contributed by atoms with van der Waals surface area (Å²) in [5.41, 5.74) is 2.47. The summed E-state index contributed by atoms with van der Waals surface area (Å²) in [5.74, 6) is -0.445. The third kappa shape index (κ3) is 5.18. The monoisotopic (exact) mass is 416 g/mol. The first-order chi connectivity index (χ1) is 12.3. The van der Waals surface area contributed by atoms with Gasteiger partial charge in [0.15, 0.2) is 0 Å². The topological polar surface area (TPSA) is 58.2 Å². The van der Waals surface area contributed by atoms with Gasteiger partial charge in [0.2, 0.25) is 5.91 Å². The lowest BCUT2D eigenvalue weighted by molar-refractivity contribution is -0.124. The Morgan fingerprint density at radius 2 is 1.65 bits per heavy atom. The normalized spacial score (nSPS) is 13.2. The van der Waals surface area contributed by atoms with E-state index in [0.29, 0.717) is 5.56 Å². The van der Waals surface area contributed by atoms with Gasteiger partial charge in [-0.15, -0.1) is 0 Å². The molecular weight excluding hydrogens is 392 g/mol. The van der Waals surface area contributed by atoms with Gasteiger partial charge in [0, 0.05) is 10.0 Å². The number of benzene rings is 2. The third-order valence-electron chi connectivity index (χ3n) is 4.33. The van der Waals surface area contributed by atoms with Gasteiger partial charge >= 0.3 is 0 Å². The van der Waals surface area contributed by atoms with E-state index in [0.717, 1.165) is 15.6 Å². The molecule has 2 atom stereocenters. The van der Waals surface area contributed by atoms with Crippen LogP contribution in [-0.4, -0.2) is 17.9 Å². The Kier molecular flexibility index (Phi) is 6.98. The number of carbonyl (C=O) groups is 2. The summed E-state index contributed by atoms with van der Waals surface area (Å²) in [6.07, 6.45) is 0. The largest absolute Gasteiger partial charge is 0.348 e. The van der Waals surface area contributed by atoms with Gasteiger partial charge in [-0.25, -0.2) is 0 Å². The minimum atomic E-state index is -0.600. The molecule has 2 amide bonds. The highest BCUT2D eigenvalue weighted by atomic mass is 79.9. The Morgan fingerprint density at radius 3 is 2.27 bits per heavy atom. The molecule has 5 heteroatoms. The quantitative estimate of drug-likeness (QED) is 0.733. The molecule has 0 unspecified atom stereocenters. The number of hydrogen-bond acceptors (Lipinski definition) is 2. The maximum absolute atomic E-state index is 12.8. The Balaban J connectivity index is 2.10. The average Bonchev–Trinajstić information content (AvgIpc) is 2.59. The van der Waals surface area contributed by atoms with E-state index < -0.39 is 6.04 Å². The second kappa shape index (κ2) is 8.99. The van der Waals surface area contributed by atoms with Crippen molar-refractivity contribution in [2.75, 3.05) is 0 Å². The van der Waals surface area contributed by atoms with Crippen LogP contribution in [0.4, 0.5) is 0 Å². The van der Waals surface area contributed by atoms with Crippen molar-refractivity contribution in [1.29, 1.82) is 0 Å². The first-order valence-corrected chi connectivity index (χ1v) is 9.51. The molecule has 2 rings (SSSR count). The van der Waals surface area contributed by atoms with Crippen molar-refractivity contribution in [1.82, 2.24) is 10.6 Å². The number of hydrogen-bond donors (Lipinski definition) is 2. The zero-order valence-electron chi connectivity index (χ0n) is 15.5. The Morgan fingerprint density at radius 1 is 0.962 bits per heavy atom. The molecule has 2 aromatic carbocycles. The number of carbonyl (C=O) groups excluding carboxylic acids is 2. The predicted octanol–water partition coefficient (Wildman–Crippen LogP) is 4.39. The van der Waals surface area contributed by atoms with Gasteiger partial charge in [0.1, 0.15) is 6.04 Å². The van der Waals surface area contributed by atoms with E-state index in [1.54, 1.807) is 6.07 Å². The highest BCUT2D eigenvalue weighted by molar-refractivity contribution is 9.10. The minimum absolute atomic E-state index is 0.0299. The highest BCUT2D eigenvalue weighted by Crippen LogP contribution is 2.18. The summed E-state index contributed by atoms with van der Waals surface area (Å²) in [4.78, 5) is 25.4. The SMILES string of the molecule is Cc1ccccc1C(=O)N[C@H](C(=O)N[C@H](C)c1cccc(Br)c1)C(C)C. The van der Waals surface area contributed by atoms with E-state index in [-0.39, 0.29) is 23.8 Å². The maximum atomic E-state index is 12.8. The molecule has 138 valence electrons. The van der Waals surface area contributed by atoms with Crippen molar-refractivity contribution >= 4 is 27.7 Å². The van der Waals surface area contributed by atoms with E-state index in [1.807, 2.05) is 70.2 Å². The summed E-state index contributed by atoms with van der Waals surface area (Å²) in [6.45, 7) is 7.66. The maximum Gasteiger partial charge on any atom is 0.252 e. The molecule has 0 fully saturated rings. The molecule has 2 aromatic rings. The molecule has 0 aliphatic heterocycles. The molecule has 2 N–H and O–H groups in total. The summed E-state index contributed by atoms with van der Waals surface area (Å²) in [5, 5.41) is 5.88. The number of nitrogens with one attached hydrogen (secondary N) is 2. The van der Waals surface area contributed by atoms with Gasteiger partial charge in [-0.05, 0) is 49.1 Å². The van der Waals surface area contributed by atoms with Gasteiger partial charge in [-0.1, -0.05) is 60.1 Å². The average molecular weight is 417 g/mol. The second-order valence-corrected chi connectivity index (χ2v) is 7.71. The van der Waals surface area contributed by atoms with Gasteiger partial charge in [-0.2, -0.15) is 0 Å². The Bertz CT molecular complexity index is 789. The van der Waals surface area contributed by atoms with Gasteiger partial charge in [0.05, 0.1) is 6.04 Å². The van der Waals surface area contributed by atoms with Crippen molar-refractivity contribution in [2.24, 2.45) is 5.92 Å². The van der Waals surface area contributed by atoms with Crippen molar-refractivity contribution < 1.29 is 9.59 Å². The zero-order chi connectivity index (χ0) is 19.3. The number of halogens is 1. The first kappa shape index (κ1) is 20.2. The van der Waals surface area contributed by atoms with Crippen molar-refractivity contribution in [2.45, 2.75) is 39.8 Å². The third-order valence-corrected chi connectivity index (χ3v) is 4.83. The van der Waals surface area contributed by atoms with Crippen LogP contribution >= 0.6 is 15.9 Å². The molecule has 0 aliphatic carbocycles. The fraction of sp³-hybridized carbons (Fsp3) is 0.333. The molecule has 4 nitrogen and oxygen atoms in total. The lowest BCUT2D eigenvalue weighted by Gasteiger charge is -2.24. The molecule has 0 radical (unpaired) electrons. The standard InChI is InChI=1S/C21H25BrN2O2/c1-13(2)19(24-20(25)18-11-6-5-8-14(18)3)21(26)23-15(4)16-9-7-10-17(22)12-16/h5-13,15,19H,1-4H3,(H,23,26)(H,24,25)/t15-,19+/m1/s1. The fourth-order valence-corrected chi connectivity index (χ4v) is 3.16. The smallest absolute Gasteiger partial charge is 0.252 e. The van der Waals surface area contributed by atoms with Crippen LogP contribution in [0.2, 0.25) is 0 Å². The van der Waals surface area contributed by atoms with Gasteiger partial charge in [0.25, 0.3) is 5.91 Å². The fourth-order valence-electron chi connectivity index (χ4n) is 2.74. The highest BCUT2D eigenvalue weighted by Gasteiger charge is 2.26. The Hall–Kier alpha value is -2.14. The van der Waals surface area contributed by atoms with Gasteiger partial charge in [-0.3, -0.25) is 9.59 Å².